The number of benzene rings is 1. The second-order valence-electron chi connectivity index (χ2n) is 5.39. The van der Waals surface area contributed by atoms with Gasteiger partial charge < -0.3 is 5.32 Å². The van der Waals surface area contributed by atoms with E-state index in [1.807, 2.05) is 0 Å². The van der Waals surface area contributed by atoms with Crippen molar-refractivity contribution in [1.29, 1.82) is 0 Å². The van der Waals surface area contributed by atoms with Crippen molar-refractivity contribution in [3.05, 3.63) is 35.1 Å². The van der Waals surface area contributed by atoms with Crippen LogP contribution in [0.4, 0.5) is 13.2 Å². The highest BCUT2D eigenvalue weighted by Gasteiger charge is 2.12. The first-order chi connectivity index (χ1) is 8.90. The molecule has 0 amide bonds. The molecule has 19 heavy (non-hydrogen) atoms. The van der Waals surface area contributed by atoms with Crippen LogP contribution in [0.15, 0.2) is 12.1 Å². The van der Waals surface area contributed by atoms with Gasteiger partial charge in [0.25, 0.3) is 0 Å². The SMILES string of the molecule is CC(CCNC(C)C)CCc1c(F)cc(F)cc1F. The molecule has 1 aromatic carbocycles. The van der Waals surface area contributed by atoms with Gasteiger partial charge in [0.05, 0.1) is 0 Å². The van der Waals surface area contributed by atoms with Crippen LogP contribution in [0, 0.1) is 23.4 Å². The largest absolute Gasteiger partial charge is 0.315 e. The molecule has 0 fully saturated rings. The van der Waals surface area contributed by atoms with Gasteiger partial charge in [-0.3, -0.25) is 0 Å². The topological polar surface area (TPSA) is 12.0 Å². The number of nitrogens with one attached hydrogen (secondary N) is 1. The van der Waals surface area contributed by atoms with E-state index >= 15 is 0 Å². The molecule has 1 atom stereocenters. The average Bonchev–Trinajstić information content (AvgIpc) is 2.26. The standard InChI is InChI=1S/C15H22F3N/c1-10(2)19-7-6-11(3)4-5-13-14(17)8-12(16)9-15(13)18/h8-11,19H,4-7H2,1-3H3. The molecule has 0 saturated heterocycles. The molecule has 0 aliphatic rings. The zero-order chi connectivity index (χ0) is 14.4. The highest BCUT2D eigenvalue weighted by Crippen LogP contribution is 2.19. The minimum atomic E-state index is -0.868. The van der Waals surface area contributed by atoms with Gasteiger partial charge in [0.1, 0.15) is 17.5 Å². The van der Waals surface area contributed by atoms with E-state index in [2.05, 4.69) is 26.1 Å². The van der Waals surface area contributed by atoms with Gasteiger partial charge >= 0.3 is 0 Å². The van der Waals surface area contributed by atoms with Crippen LogP contribution in [0.25, 0.3) is 0 Å². The van der Waals surface area contributed by atoms with Gasteiger partial charge in [-0.15, -0.1) is 0 Å². The first-order valence-electron chi connectivity index (χ1n) is 6.77. The van der Waals surface area contributed by atoms with E-state index in [1.165, 1.54) is 0 Å². The molecule has 1 unspecified atom stereocenters. The van der Waals surface area contributed by atoms with Gasteiger partial charge in [-0.1, -0.05) is 20.8 Å². The van der Waals surface area contributed by atoms with Gasteiger partial charge in [0, 0.05) is 23.7 Å². The fourth-order valence-electron chi connectivity index (χ4n) is 1.96. The van der Waals surface area contributed by atoms with Crippen molar-refractivity contribution >= 4 is 0 Å². The molecule has 4 heteroatoms. The predicted octanol–water partition coefficient (Wildman–Crippen LogP) is 4.06. The molecular formula is C15H22F3N. The fraction of sp³-hybridized carbons (Fsp3) is 0.600. The Morgan fingerprint density at radius 3 is 2.11 bits per heavy atom. The molecule has 108 valence electrons. The van der Waals surface area contributed by atoms with Crippen molar-refractivity contribution in [2.75, 3.05) is 6.54 Å². The minimum Gasteiger partial charge on any atom is -0.315 e. The number of hydrogen-bond donors (Lipinski definition) is 1. The van der Waals surface area contributed by atoms with Gasteiger partial charge in [-0.2, -0.15) is 0 Å². The summed E-state index contributed by atoms with van der Waals surface area (Å²) in [4.78, 5) is 0. The summed E-state index contributed by atoms with van der Waals surface area (Å²) in [6, 6.07) is 1.92. The fourth-order valence-corrected chi connectivity index (χ4v) is 1.96. The maximum absolute atomic E-state index is 13.4. The number of halogens is 3. The lowest BCUT2D eigenvalue weighted by Gasteiger charge is -2.14. The molecule has 0 saturated carbocycles. The Kier molecular flexibility index (Phi) is 6.35. The van der Waals surface area contributed by atoms with Crippen LogP contribution < -0.4 is 5.32 Å². The zero-order valence-corrected chi connectivity index (χ0v) is 11.8. The summed E-state index contributed by atoms with van der Waals surface area (Å²) >= 11 is 0. The van der Waals surface area contributed by atoms with E-state index in [0.717, 1.165) is 25.1 Å². The lowest BCUT2D eigenvalue weighted by atomic mass is 9.97. The Labute approximate surface area is 113 Å². The van der Waals surface area contributed by atoms with Gasteiger partial charge in [0.2, 0.25) is 0 Å². The highest BCUT2D eigenvalue weighted by molar-refractivity contribution is 5.20. The zero-order valence-electron chi connectivity index (χ0n) is 11.8. The van der Waals surface area contributed by atoms with Crippen LogP contribution in [-0.4, -0.2) is 12.6 Å². The van der Waals surface area contributed by atoms with Crippen LogP contribution in [0.1, 0.15) is 39.2 Å². The summed E-state index contributed by atoms with van der Waals surface area (Å²) in [5, 5.41) is 3.31. The highest BCUT2D eigenvalue weighted by atomic mass is 19.1. The van der Waals surface area contributed by atoms with Crippen LogP contribution >= 0.6 is 0 Å². The van der Waals surface area contributed by atoms with Gasteiger partial charge in [-0.05, 0) is 31.7 Å². The summed E-state index contributed by atoms with van der Waals surface area (Å²) in [5.41, 5.74) is -0.00920. The third-order valence-electron chi connectivity index (χ3n) is 3.18. The van der Waals surface area contributed by atoms with E-state index in [0.29, 0.717) is 24.8 Å². The molecule has 0 radical (unpaired) electrons. The van der Waals surface area contributed by atoms with E-state index in [1.54, 1.807) is 0 Å². The molecule has 1 rings (SSSR count). The van der Waals surface area contributed by atoms with E-state index < -0.39 is 17.5 Å². The first-order valence-corrected chi connectivity index (χ1v) is 6.77. The summed E-state index contributed by atoms with van der Waals surface area (Å²) < 4.78 is 39.6. The Bertz CT molecular complexity index is 381. The number of hydrogen-bond acceptors (Lipinski definition) is 1. The Morgan fingerprint density at radius 2 is 1.58 bits per heavy atom. The van der Waals surface area contributed by atoms with Crippen LogP contribution in [0.3, 0.4) is 0 Å². The molecule has 1 aromatic rings. The van der Waals surface area contributed by atoms with Crippen molar-refractivity contribution in [2.45, 2.75) is 46.1 Å². The predicted molar refractivity (Wildman–Crippen MR) is 71.6 cm³/mol. The average molecular weight is 273 g/mol. The second kappa shape index (κ2) is 7.53. The normalized spacial score (nSPS) is 13.0. The molecule has 0 aromatic heterocycles. The number of rotatable bonds is 7. The molecule has 0 heterocycles. The Morgan fingerprint density at radius 1 is 1.00 bits per heavy atom. The van der Waals surface area contributed by atoms with Gasteiger partial charge in [-0.25, -0.2) is 13.2 Å². The molecule has 0 aliphatic carbocycles. The quantitative estimate of drug-likeness (QED) is 0.790. The lowest BCUT2D eigenvalue weighted by Crippen LogP contribution is -2.25. The third-order valence-corrected chi connectivity index (χ3v) is 3.18. The molecule has 1 nitrogen and oxygen atoms in total. The molecular weight excluding hydrogens is 251 g/mol. The first kappa shape index (κ1) is 16.0. The maximum Gasteiger partial charge on any atom is 0.132 e. The van der Waals surface area contributed by atoms with Crippen LogP contribution in [0.5, 0.6) is 0 Å². The van der Waals surface area contributed by atoms with E-state index in [-0.39, 0.29) is 5.56 Å². The van der Waals surface area contributed by atoms with E-state index in [4.69, 9.17) is 0 Å². The van der Waals surface area contributed by atoms with Crippen molar-refractivity contribution < 1.29 is 13.2 Å². The van der Waals surface area contributed by atoms with E-state index in [9.17, 15) is 13.2 Å². The summed E-state index contributed by atoms with van der Waals surface area (Å²) in [5.74, 6) is -2.07. The molecule has 1 N–H and O–H groups in total. The summed E-state index contributed by atoms with van der Waals surface area (Å²) in [6.07, 6.45) is 1.96. The molecule has 0 aliphatic heterocycles. The lowest BCUT2D eigenvalue weighted by molar-refractivity contribution is 0.443. The third kappa shape index (κ3) is 5.64. The smallest absolute Gasteiger partial charge is 0.132 e. The van der Waals surface area contributed by atoms with Crippen LogP contribution in [-0.2, 0) is 6.42 Å². The van der Waals surface area contributed by atoms with Crippen LogP contribution in [0.2, 0.25) is 0 Å². The van der Waals surface area contributed by atoms with Gasteiger partial charge in [0.15, 0.2) is 0 Å². The van der Waals surface area contributed by atoms with Crippen molar-refractivity contribution in [1.82, 2.24) is 5.32 Å². The van der Waals surface area contributed by atoms with Crippen molar-refractivity contribution in [3.63, 3.8) is 0 Å². The molecule has 0 bridgehead atoms. The second-order valence-corrected chi connectivity index (χ2v) is 5.39. The molecule has 0 spiro atoms. The van der Waals surface area contributed by atoms with Crippen molar-refractivity contribution in [2.24, 2.45) is 5.92 Å². The monoisotopic (exact) mass is 273 g/mol. The Hall–Kier alpha value is -1.03. The Balaban J connectivity index is 2.44. The van der Waals surface area contributed by atoms with Crippen molar-refractivity contribution in [3.8, 4) is 0 Å². The maximum atomic E-state index is 13.4. The minimum absolute atomic E-state index is 0.00920. The summed E-state index contributed by atoms with van der Waals surface area (Å²) in [6.45, 7) is 7.11. The summed E-state index contributed by atoms with van der Waals surface area (Å²) in [7, 11) is 0.